The molecule has 2 rings (SSSR count). The number of hydrogen-bond donors (Lipinski definition) is 3. The smallest absolute Gasteiger partial charge is 0.238 e. The maximum Gasteiger partial charge on any atom is 0.238 e. The summed E-state index contributed by atoms with van der Waals surface area (Å²) in [7, 11) is 0. The molecule has 0 amide bonds. The minimum Gasteiger partial charge on any atom is -0.431 e. The number of aromatic nitrogens is 2. The van der Waals surface area contributed by atoms with Gasteiger partial charge in [0.25, 0.3) is 0 Å². The first-order valence-electron chi connectivity index (χ1n) is 5.18. The van der Waals surface area contributed by atoms with Gasteiger partial charge in [-0.3, -0.25) is 5.10 Å². The van der Waals surface area contributed by atoms with Crippen LogP contribution in [0.4, 0.5) is 8.78 Å². The minimum atomic E-state index is -0.984. The Kier molecular flexibility index (Phi) is 3.32. The Morgan fingerprint density at radius 2 is 2.00 bits per heavy atom. The van der Waals surface area contributed by atoms with Gasteiger partial charge in [0.2, 0.25) is 11.6 Å². The van der Waals surface area contributed by atoms with Gasteiger partial charge in [-0.05, 0) is 19.1 Å². The zero-order chi connectivity index (χ0) is 14.0. The van der Waals surface area contributed by atoms with Gasteiger partial charge in [-0.1, -0.05) is 5.16 Å². The van der Waals surface area contributed by atoms with Crippen LogP contribution in [0, 0.1) is 18.6 Å². The Bertz CT molecular complexity index is 616. The van der Waals surface area contributed by atoms with Gasteiger partial charge in [0.1, 0.15) is 0 Å². The van der Waals surface area contributed by atoms with Crippen LogP contribution >= 0.6 is 0 Å². The number of amidine groups is 1. The molecule has 0 bridgehead atoms. The van der Waals surface area contributed by atoms with Crippen LogP contribution in [-0.4, -0.2) is 21.2 Å². The predicted molar refractivity (Wildman–Crippen MR) is 62.3 cm³/mol. The summed E-state index contributed by atoms with van der Waals surface area (Å²) in [5, 5.41) is 17.4. The summed E-state index contributed by atoms with van der Waals surface area (Å²) in [6.07, 6.45) is 0. The molecule has 0 fully saturated rings. The van der Waals surface area contributed by atoms with E-state index in [1.54, 1.807) is 6.92 Å². The molecule has 0 saturated heterocycles. The van der Waals surface area contributed by atoms with E-state index in [4.69, 9.17) is 15.7 Å². The molecule has 100 valence electrons. The van der Waals surface area contributed by atoms with Gasteiger partial charge in [0.15, 0.2) is 17.5 Å². The van der Waals surface area contributed by atoms with Crippen molar-refractivity contribution in [2.45, 2.75) is 6.92 Å². The number of ether oxygens (including phenoxy) is 1. The molecular formula is C11H10F2N4O2. The molecule has 0 aliphatic rings. The molecule has 0 radical (unpaired) electrons. The highest BCUT2D eigenvalue weighted by molar-refractivity contribution is 5.97. The van der Waals surface area contributed by atoms with Crippen molar-refractivity contribution in [1.82, 2.24) is 10.2 Å². The average molecular weight is 268 g/mol. The maximum atomic E-state index is 13.7. The maximum absolute atomic E-state index is 13.7. The normalized spacial score (nSPS) is 11.6. The molecule has 0 spiro atoms. The lowest BCUT2D eigenvalue weighted by molar-refractivity contribution is 0.318. The highest BCUT2D eigenvalue weighted by Crippen LogP contribution is 2.27. The number of nitrogens with two attached hydrogens (primary N) is 1. The van der Waals surface area contributed by atoms with Gasteiger partial charge in [-0.2, -0.15) is 0 Å². The van der Waals surface area contributed by atoms with Gasteiger partial charge >= 0.3 is 0 Å². The van der Waals surface area contributed by atoms with E-state index in [1.807, 2.05) is 0 Å². The fraction of sp³-hybridized carbons (Fsp3) is 0.0909. The monoisotopic (exact) mass is 268 g/mol. The summed E-state index contributed by atoms with van der Waals surface area (Å²) in [6.45, 7) is 1.72. The third-order valence-corrected chi connectivity index (χ3v) is 2.29. The molecule has 4 N–H and O–H groups in total. The van der Waals surface area contributed by atoms with Crippen LogP contribution in [-0.2, 0) is 0 Å². The van der Waals surface area contributed by atoms with E-state index in [1.165, 1.54) is 6.07 Å². The summed E-state index contributed by atoms with van der Waals surface area (Å²) < 4.78 is 32.4. The van der Waals surface area contributed by atoms with E-state index in [2.05, 4.69) is 15.4 Å². The van der Waals surface area contributed by atoms with Gasteiger partial charge in [0.05, 0.1) is 0 Å². The van der Waals surface area contributed by atoms with E-state index < -0.39 is 23.2 Å². The molecule has 0 unspecified atom stereocenters. The van der Waals surface area contributed by atoms with Crippen LogP contribution in [0.1, 0.15) is 11.3 Å². The summed E-state index contributed by atoms with van der Waals surface area (Å²) >= 11 is 0. The Morgan fingerprint density at radius 3 is 2.47 bits per heavy atom. The highest BCUT2D eigenvalue weighted by Gasteiger charge is 2.16. The van der Waals surface area contributed by atoms with Crippen LogP contribution in [0.25, 0.3) is 0 Å². The van der Waals surface area contributed by atoms with Crippen LogP contribution in [0.2, 0.25) is 0 Å². The van der Waals surface area contributed by atoms with Crippen molar-refractivity contribution in [3.63, 3.8) is 0 Å². The molecule has 0 saturated carbocycles. The van der Waals surface area contributed by atoms with Crippen molar-refractivity contribution in [1.29, 1.82) is 0 Å². The average Bonchev–Trinajstić information content (AvgIpc) is 2.78. The van der Waals surface area contributed by atoms with E-state index in [-0.39, 0.29) is 11.4 Å². The zero-order valence-electron chi connectivity index (χ0n) is 9.82. The van der Waals surface area contributed by atoms with Gasteiger partial charge in [-0.25, -0.2) is 8.78 Å². The molecule has 1 heterocycles. The van der Waals surface area contributed by atoms with E-state index in [0.717, 1.165) is 12.1 Å². The van der Waals surface area contributed by atoms with Crippen molar-refractivity contribution in [2.24, 2.45) is 10.9 Å². The Hall–Kier alpha value is -2.64. The summed E-state index contributed by atoms with van der Waals surface area (Å²) in [6, 6.07) is 3.27. The largest absolute Gasteiger partial charge is 0.431 e. The number of nitrogens with one attached hydrogen (secondary N) is 1. The van der Waals surface area contributed by atoms with Crippen molar-refractivity contribution < 1.29 is 18.7 Å². The van der Waals surface area contributed by atoms with E-state index in [0.29, 0.717) is 5.69 Å². The van der Waals surface area contributed by atoms with Crippen LogP contribution in [0.5, 0.6) is 11.6 Å². The number of rotatable bonds is 3. The number of aryl methyl sites for hydroxylation is 1. The molecule has 1 aromatic carbocycles. The minimum absolute atomic E-state index is 0.0341. The van der Waals surface area contributed by atoms with Crippen molar-refractivity contribution in [2.75, 3.05) is 0 Å². The molecule has 1 aromatic heterocycles. The lowest BCUT2D eigenvalue weighted by Gasteiger charge is -2.07. The third kappa shape index (κ3) is 2.62. The fourth-order valence-corrected chi connectivity index (χ4v) is 1.41. The van der Waals surface area contributed by atoms with E-state index >= 15 is 0 Å². The fourth-order valence-electron chi connectivity index (χ4n) is 1.41. The second kappa shape index (κ2) is 4.92. The number of oxime groups is 1. The molecule has 0 atom stereocenters. The Morgan fingerprint density at radius 1 is 1.37 bits per heavy atom. The number of halogens is 2. The number of aromatic amines is 1. The van der Waals surface area contributed by atoms with Crippen molar-refractivity contribution in [3.05, 3.63) is 41.1 Å². The number of H-pyrrole nitrogens is 1. The molecule has 6 nitrogen and oxygen atoms in total. The third-order valence-electron chi connectivity index (χ3n) is 2.29. The SMILES string of the molecule is Cc1cc(Oc2c(F)cc(/C(N)=N/O)cc2F)n[nH]1. The number of hydrogen-bond acceptors (Lipinski definition) is 4. The molecule has 0 aliphatic carbocycles. The first-order valence-corrected chi connectivity index (χ1v) is 5.18. The molecule has 2 aromatic rings. The zero-order valence-corrected chi connectivity index (χ0v) is 9.82. The molecule has 0 aliphatic heterocycles. The van der Waals surface area contributed by atoms with E-state index in [9.17, 15) is 8.78 Å². The van der Waals surface area contributed by atoms with Crippen LogP contribution in [0.3, 0.4) is 0 Å². The van der Waals surface area contributed by atoms with Crippen molar-refractivity contribution >= 4 is 5.84 Å². The quantitative estimate of drug-likeness (QED) is 0.342. The molecular weight excluding hydrogens is 258 g/mol. The van der Waals surface area contributed by atoms with Gasteiger partial charge in [-0.15, -0.1) is 5.10 Å². The lowest BCUT2D eigenvalue weighted by Crippen LogP contribution is -2.14. The van der Waals surface area contributed by atoms with Crippen molar-refractivity contribution in [3.8, 4) is 11.6 Å². The van der Waals surface area contributed by atoms with Gasteiger partial charge < -0.3 is 15.7 Å². The topological polar surface area (TPSA) is 96.5 Å². The second-order valence-corrected chi connectivity index (χ2v) is 3.75. The lowest BCUT2D eigenvalue weighted by atomic mass is 10.2. The summed E-state index contributed by atoms with van der Waals surface area (Å²) in [4.78, 5) is 0. The molecule has 8 heteroatoms. The Labute approximate surface area is 106 Å². The first-order chi connectivity index (χ1) is 9.01. The first kappa shape index (κ1) is 12.8. The Balaban J connectivity index is 2.37. The predicted octanol–water partition coefficient (Wildman–Crippen LogP) is 1.88. The highest BCUT2D eigenvalue weighted by atomic mass is 19.1. The van der Waals surface area contributed by atoms with Crippen LogP contribution < -0.4 is 10.5 Å². The summed E-state index contributed by atoms with van der Waals surface area (Å²) in [5.74, 6) is -2.95. The molecule has 19 heavy (non-hydrogen) atoms. The van der Waals surface area contributed by atoms with Crippen LogP contribution in [0.15, 0.2) is 23.4 Å². The number of nitrogens with zero attached hydrogens (tertiary/aromatic N) is 2. The second-order valence-electron chi connectivity index (χ2n) is 3.75. The summed E-state index contributed by atoms with van der Waals surface area (Å²) in [5.41, 5.74) is 5.84. The standard InChI is InChI=1S/C11H10F2N4O2/c1-5-2-9(16-15-5)19-10-7(12)3-6(4-8(10)13)11(14)17-18/h2-4,18H,1H3,(H2,14,17)(H,15,16). The van der Waals surface area contributed by atoms with Gasteiger partial charge in [0, 0.05) is 17.3 Å². The number of benzene rings is 1.